The van der Waals surface area contributed by atoms with E-state index in [2.05, 4.69) is 0 Å². The fourth-order valence-corrected chi connectivity index (χ4v) is 2.75. The number of rotatable bonds is 8. The van der Waals surface area contributed by atoms with Crippen LogP contribution in [0.25, 0.3) is 0 Å². The summed E-state index contributed by atoms with van der Waals surface area (Å²) >= 11 is 0. The van der Waals surface area contributed by atoms with Crippen molar-refractivity contribution >= 4 is 0 Å². The Labute approximate surface area is 153 Å². The quantitative estimate of drug-likeness (QED) is 0.788. The van der Waals surface area contributed by atoms with Crippen LogP contribution in [-0.4, -0.2) is 37.3 Å². The van der Waals surface area contributed by atoms with Crippen LogP contribution in [0.5, 0.6) is 0 Å². The molecule has 0 saturated carbocycles. The van der Waals surface area contributed by atoms with Crippen molar-refractivity contribution in [2.75, 3.05) is 13.7 Å². The first-order valence-electron chi connectivity index (χ1n) is 8.61. The summed E-state index contributed by atoms with van der Waals surface area (Å²) in [6.45, 7) is 1.11. The Balaban J connectivity index is 1.53. The van der Waals surface area contributed by atoms with E-state index in [1.54, 1.807) is 6.08 Å². The molecule has 0 fully saturated rings. The highest BCUT2D eigenvalue weighted by Crippen LogP contribution is 2.23. The van der Waals surface area contributed by atoms with E-state index < -0.39 is 18.5 Å². The lowest BCUT2D eigenvalue weighted by atomic mass is 10.1. The molecule has 1 heterocycles. The van der Waals surface area contributed by atoms with Crippen LogP contribution in [0.1, 0.15) is 11.1 Å². The summed E-state index contributed by atoms with van der Waals surface area (Å²) in [6, 6.07) is 19.7. The lowest BCUT2D eigenvalue weighted by Crippen LogP contribution is -2.45. The number of aliphatic hydroxyl groups is 1. The van der Waals surface area contributed by atoms with Gasteiger partial charge in [0.15, 0.2) is 0 Å². The molecular weight excluding hydrogens is 332 g/mol. The van der Waals surface area contributed by atoms with Crippen molar-refractivity contribution in [2.45, 2.75) is 31.7 Å². The highest BCUT2D eigenvalue weighted by molar-refractivity contribution is 5.15. The topological polar surface area (TPSA) is 57.2 Å². The van der Waals surface area contributed by atoms with Crippen LogP contribution in [0.15, 0.2) is 72.5 Å². The fourth-order valence-electron chi connectivity index (χ4n) is 2.75. The molecule has 3 rings (SSSR count). The molecule has 5 nitrogen and oxygen atoms in total. The molecule has 0 aromatic heterocycles. The molecule has 26 heavy (non-hydrogen) atoms. The first kappa shape index (κ1) is 18.6. The lowest BCUT2D eigenvalue weighted by molar-refractivity contribution is -0.214. The van der Waals surface area contributed by atoms with Crippen molar-refractivity contribution in [1.82, 2.24) is 0 Å². The second-order valence-electron chi connectivity index (χ2n) is 6.09. The fraction of sp³-hybridized carbons (Fsp3) is 0.333. The second kappa shape index (κ2) is 9.50. The maximum atomic E-state index is 10.4. The summed E-state index contributed by atoms with van der Waals surface area (Å²) < 4.78 is 22.6. The molecule has 1 aliphatic rings. The van der Waals surface area contributed by atoms with Crippen molar-refractivity contribution in [3.8, 4) is 0 Å². The Morgan fingerprint density at radius 1 is 0.885 bits per heavy atom. The van der Waals surface area contributed by atoms with Crippen LogP contribution in [0, 0.1) is 0 Å². The van der Waals surface area contributed by atoms with Crippen molar-refractivity contribution < 1.29 is 24.1 Å². The maximum absolute atomic E-state index is 10.4. The summed E-state index contributed by atoms with van der Waals surface area (Å²) in [5.74, 6) is 0.542. The van der Waals surface area contributed by atoms with Gasteiger partial charge in [0.05, 0.1) is 13.2 Å². The zero-order valence-corrected chi connectivity index (χ0v) is 14.8. The summed E-state index contributed by atoms with van der Waals surface area (Å²) in [5, 5.41) is 10.4. The molecule has 0 bridgehead atoms. The summed E-state index contributed by atoms with van der Waals surface area (Å²) in [7, 11) is 1.53. The predicted octanol–water partition coefficient (Wildman–Crippen LogP) is 3.04. The Hall–Kier alpha value is -2.18. The molecule has 138 valence electrons. The molecule has 0 amide bonds. The number of benzene rings is 2. The average molecular weight is 356 g/mol. The van der Waals surface area contributed by atoms with Crippen LogP contribution in [0.2, 0.25) is 0 Å². The van der Waals surface area contributed by atoms with Crippen LogP contribution in [0.3, 0.4) is 0 Å². The third kappa shape index (κ3) is 5.16. The molecule has 5 heteroatoms. The SMILES string of the molecule is CO[C@@H]1OC(COCc2ccccc2)=C[C@H](O)[C@H]1OCc1ccccc1. The molecule has 1 aliphatic heterocycles. The molecule has 1 N–H and O–H groups in total. The maximum Gasteiger partial charge on any atom is 0.228 e. The molecule has 2 aromatic rings. The van der Waals surface area contributed by atoms with Crippen LogP contribution < -0.4 is 0 Å². The van der Waals surface area contributed by atoms with Gasteiger partial charge < -0.3 is 24.1 Å². The minimum absolute atomic E-state index is 0.261. The van der Waals surface area contributed by atoms with E-state index in [1.165, 1.54) is 7.11 Å². The molecule has 3 atom stereocenters. The number of hydrogen-bond acceptors (Lipinski definition) is 5. The molecule has 0 radical (unpaired) electrons. The molecule has 0 unspecified atom stereocenters. The first-order valence-corrected chi connectivity index (χ1v) is 8.61. The molecular formula is C21H24O5. The largest absolute Gasteiger partial charge is 0.464 e. The number of ether oxygens (including phenoxy) is 4. The van der Waals surface area contributed by atoms with Gasteiger partial charge in [-0.15, -0.1) is 0 Å². The Morgan fingerprint density at radius 2 is 1.50 bits per heavy atom. The number of aliphatic hydroxyl groups excluding tert-OH is 1. The third-order valence-corrected chi connectivity index (χ3v) is 4.10. The van der Waals surface area contributed by atoms with E-state index in [0.717, 1.165) is 11.1 Å². The summed E-state index contributed by atoms with van der Waals surface area (Å²) in [6.07, 6.45) is -0.490. The standard InChI is InChI=1S/C21H24O5/c1-23-21-20(25-14-17-10-6-3-7-11-17)19(22)12-18(26-21)15-24-13-16-8-4-2-5-9-16/h2-12,19-22H,13-15H2,1H3/t19-,20+,21+/m0/s1. The third-order valence-electron chi connectivity index (χ3n) is 4.10. The van der Waals surface area contributed by atoms with Gasteiger partial charge in [-0.3, -0.25) is 0 Å². The Bertz CT molecular complexity index is 686. The molecule has 2 aromatic carbocycles. The first-order chi connectivity index (χ1) is 12.8. The van der Waals surface area contributed by atoms with Gasteiger partial charge in [-0.2, -0.15) is 0 Å². The van der Waals surface area contributed by atoms with E-state index in [-0.39, 0.29) is 6.61 Å². The number of hydrogen-bond donors (Lipinski definition) is 1. The highest BCUT2D eigenvalue weighted by Gasteiger charge is 2.35. The predicted molar refractivity (Wildman–Crippen MR) is 97.1 cm³/mol. The van der Waals surface area contributed by atoms with Crippen molar-refractivity contribution in [1.29, 1.82) is 0 Å². The van der Waals surface area contributed by atoms with Gasteiger partial charge in [0.2, 0.25) is 6.29 Å². The summed E-state index contributed by atoms with van der Waals surface area (Å²) in [5.41, 5.74) is 2.10. The van der Waals surface area contributed by atoms with Gasteiger partial charge in [0.25, 0.3) is 0 Å². The molecule has 0 aliphatic carbocycles. The highest BCUT2D eigenvalue weighted by atomic mass is 16.7. The van der Waals surface area contributed by atoms with E-state index in [0.29, 0.717) is 19.0 Å². The normalized spacial score (nSPS) is 22.5. The zero-order valence-electron chi connectivity index (χ0n) is 14.8. The van der Waals surface area contributed by atoms with Crippen molar-refractivity contribution in [2.24, 2.45) is 0 Å². The van der Waals surface area contributed by atoms with Crippen molar-refractivity contribution in [3.63, 3.8) is 0 Å². The zero-order chi connectivity index (χ0) is 18.2. The molecule has 0 saturated heterocycles. The van der Waals surface area contributed by atoms with Crippen LogP contribution in [-0.2, 0) is 32.2 Å². The smallest absolute Gasteiger partial charge is 0.228 e. The summed E-state index contributed by atoms with van der Waals surface area (Å²) in [4.78, 5) is 0. The van der Waals surface area contributed by atoms with E-state index in [1.807, 2.05) is 60.7 Å². The van der Waals surface area contributed by atoms with E-state index >= 15 is 0 Å². The van der Waals surface area contributed by atoms with Crippen molar-refractivity contribution in [3.05, 3.63) is 83.6 Å². The van der Waals surface area contributed by atoms with Crippen LogP contribution >= 0.6 is 0 Å². The Kier molecular flexibility index (Phi) is 6.80. The minimum Gasteiger partial charge on any atom is -0.464 e. The molecule has 0 spiro atoms. The van der Waals surface area contributed by atoms with Gasteiger partial charge in [-0.05, 0) is 17.2 Å². The number of methoxy groups -OCH3 is 1. The van der Waals surface area contributed by atoms with E-state index in [9.17, 15) is 5.11 Å². The van der Waals surface area contributed by atoms with Gasteiger partial charge in [-0.1, -0.05) is 60.7 Å². The Morgan fingerprint density at radius 3 is 2.12 bits per heavy atom. The van der Waals surface area contributed by atoms with E-state index in [4.69, 9.17) is 18.9 Å². The minimum atomic E-state index is -0.826. The lowest BCUT2D eigenvalue weighted by Gasteiger charge is -2.34. The average Bonchev–Trinajstić information content (AvgIpc) is 2.68. The monoisotopic (exact) mass is 356 g/mol. The van der Waals surface area contributed by atoms with Crippen LogP contribution in [0.4, 0.5) is 0 Å². The van der Waals surface area contributed by atoms with Gasteiger partial charge in [0.1, 0.15) is 24.6 Å². The van der Waals surface area contributed by atoms with Gasteiger partial charge in [-0.25, -0.2) is 0 Å². The second-order valence-corrected chi connectivity index (χ2v) is 6.09. The van der Waals surface area contributed by atoms with Gasteiger partial charge >= 0.3 is 0 Å². The van der Waals surface area contributed by atoms with Gasteiger partial charge in [0, 0.05) is 7.11 Å².